The predicted molar refractivity (Wildman–Crippen MR) is 60.0 cm³/mol. The summed E-state index contributed by atoms with van der Waals surface area (Å²) in [5.74, 6) is 0.0994. The molecule has 6 nitrogen and oxygen atoms in total. The highest BCUT2D eigenvalue weighted by Gasteiger charge is 2.14. The van der Waals surface area contributed by atoms with Gasteiger partial charge in [0, 0.05) is 12.3 Å². The Hall–Kier alpha value is -2.37. The summed E-state index contributed by atoms with van der Waals surface area (Å²) in [7, 11) is 1.48. The lowest BCUT2D eigenvalue weighted by Crippen LogP contribution is -2.12. The van der Waals surface area contributed by atoms with Crippen molar-refractivity contribution in [3.8, 4) is 5.88 Å². The van der Waals surface area contributed by atoms with Crippen LogP contribution in [0.15, 0.2) is 28.9 Å². The van der Waals surface area contributed by atoms with Gasteiger partial charge in [0.05, 0.1) is 12.8 Å². The van der Waals surface area contributed by atoms with Crippen LogP contribution in [0.5, 0.6) is 5.88 Å². The van der Waals surface area contributed by atoms with Crippen molar-refractivity contribution in [2.45, 2.75) is 6.92 Å². The Labute approximate surface area is 97.6 Å². The van der Waals surface area contributed by atoms with E-state index < -0.39 is 5.91 Å². The van der Waals surface area contributed by atoms with Crippen LogP contribution in [0.25, 0.3) is 0 Å². The molecule has 2 heterocycles. The molecule has 1 amide bonds. The molecule has 2 aromatic rings. The number of methoxy groups -OCH3 is 1. The Balaban J connectivity index is 2.18. The number of ether oxygens (including phenoxy) is 1. The van der Waals surface area contributed by atoms with Crippen molar-refractivity contribution >= 4 is 11.6 Å². The molecular weight excluding hydrogens is 222 g/mol. The van der Waals surface area contributed by atoms with Crippen molar-refractivity contribution in [3.63, 3.8) is 0 Å². The van der Waals surface area contributed by atoms with Gasteiger partial charge in [0.25, 0.3) is 5.91 Å². The number of amides is 1. The zero-order valence-corrected chi connectivity index (χ0v) is 9.43. The lowest BCUT2D eigenvalue weighted by Gasteiger charge is -2.06. The van der Waals surface area contributed by atoms with Gasteiger partial charge in [0.1, 0.15) is 5.69 Å². The van der Waals surface area contributed by atoms with E-state index in [1.54, 1.807) is 31.3 Å². The van der Waals surface area contributed by atoms with Crippen LogP contribution in [-0.4, -0.2) is 23.2 Å². The second kappa shape index (κ2) is 4.65. The standard InChI is InChI=1S/C11H11N3O3/c1-7-6-9(17-14-7)10(15)13-8-4-3-5-12-11(8)16-2/h3-6H,1-2H3,(H,13,15). The van der Waals surface area contributed by atoms with Gasteiger partial charge in [-0.15, -0.1) is 0 Å². The van der Waals surface area contributed by atoms with Crippen molar-refractivity contribution in [2.24, 2.45) is 0 Å². The van der Waals surface area contributed by atoms with Gasteiger partial charge in [0.15, 0.2) is 0 Å². The molecule has 0 atom stereocenters. The number of hydrogen-bond acceptors (Lipinski definition) is 5. The monoisotopic (exact) mass is 233 g/mol. The molecule has 0 aliphatic heterocycles. The van der Waals surface area contributed by atoms with Gasteiger partial charge >= 0.3 is 0 Å². The zero-order valence-electron chi connectivity index (χ0n) is 9.43. The van der Waals surface area contributed by atoms with E-state index in [0.29, 0.717) is 17.3 Å². The van der Waals surface area contributed by atoms with Gasteiger partial charge in [-0.05, 0) is 19.1 Å². The minimum atomic E-state index is -0.392. The zero-order chi connectivity index (χ0) is 12.3. The normalized spacial score (nSPS) is 10.0. The average Bonchev–Trinajstić information content (AvgIpc) is 2.77. The topological polar surface area (TPSA) is 77.2 Å². The van der Waals surface area contributed by atoms with Crippen LogP contribution >= 0.6 is 0 Å². The first kappa shape index (κ1) is 11.1. The van der Waals surface area contributed by atoms with Gasteiger partial charge in [-0.25, -0.2) is 4.98 Å². The SMILES string of the molecule is COc1ncccc1NC(=O)c1cc(C)no1. The number of aromatic nitrogens is 2. The van der Waals surface area contributed by atoms with Crippen molar-refractivity contribution in [2.75, 3.05) is 12.4 Å². The van der Waals surface area contributed by atoms with Crippen LogP contribution in [0.2, 0.25) is 0 Å². The molecule has 0 unspecified atom stereocenters. The molecule has 0 bridgehead atoms. The van der Waals surface area contributed by atoms with Crippen molar-refractivity contribution in [3.05, 3.63) is 35.9 Å². The Bertz CT molecular complexity index is 536. The van der Waals surface area contributed by atoms with E-state index in [-0.39, 0.29) is 5.76 Å². The Morgan fingerprint density at radius 2 is 2.35 bits per heavy atom. The second-order valence-electron chi connectivity index (χ2n) is 3.35. The smallest absolute Gasteiger partial charge is 0.294 e. The maximum absolute atomic E-state index is 11.8. The summed E-state index contributed by atoms with van der Waals surface area (Å²) < 4.78 is 9.86. The number of carbonyl (C=O) groups is 1. The van der Waals surface area contributed by atoms with Crippen LogP contribution < -0.4 is 10.1 Å². The molecule has 0 saturated heterocycles. The predicted octanol–water partition coefficient (Wildman–Crippen LogP) is 1.64. The quantitative estimate of drug-likeness (QED) is 0.871. The van der Waals surface area contributed by atoms with Gasteiger partial charge in [-0.3, -0.25) is 4.79 Å². The van der Waals surface area contributed by atoms with E-state index >= 15 is 0 Å². The van der Waals surface area contributed by atoms with E-state index in [4.69, 9.17) is 9.26 Å². The maximum Gasteiger partial charge on any atom is 0.294 e. The molecule has 0 aromatic carbocycles. The third kappa shape index (κ3) is 2.41. The summed E-state index contributed by atoms with van der Waals surface area (Å²) >= 11 is 0. The number of rotatable bonds is 3. The summed E-state index contributed by atoms with van der Waals surface area (Å²) in [5.41, 5.74) is 1.13. The number of aryl methyl sites for hydroxylation is 1. The fraction of sp³-hybridized carbons (Fsp3) is 0.182. The first-order chi connectivity index (χ1) is 8.20. The summed E-state index contributed by atoms with van der Waals surface area (Å²) in [6.07, 6.45) is 1.58. The lowest BCUT2D eigenvalue weighted by molar-refractivity contribution is 0.0987. The number of hydrogen-bond donors (Lipinski definition) is 1. The number of nitrogens with one attached hydrogen (secondary N) is 1. The average molecular weight is 233 g/mol. The number of carbonyl (C=O) groups excluding carboxylic acids is 1. The molecule has 2 aromatic heterocycles. The van der Waals surface area contributed by atoms with Gasteiger partial charge in [-0.2, -0.15) is 0 Å². The minimum Gasteiger partial charge on any atom is -0.480 e. The summed E-state index contributed by atoms with van der Waals surface area (Å²) in [5, 5.41) is 6.27. The highest BCUT2D eigenvalue weighted by atomic mass is 16.5. The fourth-order valence-electron chi connectivity index (χ4n) is 1.30. The molecule has 0 spiro atoms. The van der Waals surface area contributed by atoms with Crippen LogP contribution in [-0.2, 0) is 0 Å². The molecule has 88 valence electrons. The van der Waals surface area contributed by atoms with E-state index in [1.807, 2.05) is 0 Å². The van der Waals surface area contributed by atoms with Crippen LogP contribution in [0, 0.1) is 6.92 Å². The van der Waals surface area contributed by atoms with E-state index in [9.17, 15) is 4.79 Å². The van der Waals surface area contributed by atoms with E-state index in [0.717, 1.165) is 0 Å². The Morgan fingerprint density at radius 3 is 3.00 bits per heavy atom. The van der Waals surface area contributed by atoms with E-state index in [2.05, 4.69) is 15.5 Å². The first-order valence-corrected chi connectivity index (χ1v) is 4.94. The van der Waals surface area contributed by atoms with Crippen LogP contribution in [0.1, 0.15) is 16.2 Å². The van der Waals surface area contributed by atoms with Gasteiger partial charge in [-0.1, -0.05) is 5.16 Å². The number of pyridine rings is 1. The van der Waals surface area contributed by atoms with Crippen molar-refractivity contribution in [1.82, 2.24) is 10.1 Å². The second-order valence-corrected chi connectivity index (χ2v) is 3.35. The van der Waals surface area contributed by atoms with Crippen molar-refractivity contribution in [1.29, 1.82) is 0 Å². The third-order valence-corrected chi connectivity index (χ3v) is 2.06. The number of anilines is 1. The molecule has 6 heteroatoms. The summed E-state index contributed by atoms with van der Waals surface area (Å²) in [6.45, 7) is 1.74. The van der Waals surface area contributed by atoms with E-state index in [1.165, 1.54) is 7.11 Å². The van der Waals surface area contributed by atoms with Gasteiger partial charge < -0.3 is 14.6 Å². The fourth-order valence-corrected chi connectivity index (χ4v) is 1.30. The Kier molecular flexibility index (Phi) is 3.04. The molecule has 0 aliphatic carbocycles. The van der Waals surface area contributed by atoms with Crippen molar-refractivity contribution < 1.29 is 14.1 Å². The summed E-state index contributed by atoms with van der Waals surface area (Å²) in [6, 6.07) is 4.94. The number of nitrogens with zero attached hydrogens (tertiary/aromatic N) is 2. The first-order valence-electron chi connectivity index (χ1n) is 4.94. The highest BCUT2D eigenvalue weighted by Crippen LogP contribution is 2.20. The largest absolute Gasteiger partial charge is 0.480 e. The summed E-state index contributed by atoms with van der Waals surface area (Å²) in [4.78, 5) is 15.7. The van der Waals surface area contributed by atoms with Crippen LogP contribution in [0.4, 0.5) is 5.69 Å². The molecule has 0 radical (unpaired) electrons. The van der Waals surface area contributed by atoms with Crippen LogP contribution in [0.3, 0.4) is 0 Å². The lowest BCUT2D eigenvalue weighted by atomic mass is 10.3. The van der Waals surface area contributed by atoms with Gasteiger partial charge in [0.2, 0.25) is 11.6 Å². The molecule has 0 aliphatic rings. The molecule has 2 rings (SSSR count). The molecular formula is C11H11N3O3. The molecule has 0 saturated carbocycles. The molecule has 1 N–H and O–H groups in total. The maximum atomic E-state index is 11.8. The molecule has 0 fully saturated rings. The molecule has 17 heavy (non-hydrogen) atoms. The highest BCUT2D eigenvalue weighted by molar-refractivity contribution is 6.02. The minimum absolute atomic E-state index is 0.147. The third-order valence-electron chi connectivity index (χ3n) is 2.06. The Morgan fingerprint density at radius 1 is 1.53 bits per heavy atom.